The Bertz CT molecular complexity index is 373. The van der Waals surface area contributed by atoms with Crippen LogP contribution in [0.3, 0.4) is 0 Å². The van der Waals surface area contributed by atoms with Gasteiger partial charge in [0.05, 0.1) is 6.17 Å². The summed E-state index contributed by atoms with van der Waals surface area (Å²) in [6, 6.07) is 11.2. The lowest BCUT2D eigenvalue weighted by Gasteiger charge is -2.35. The van der Waals surface area contributed by atoms with E-state index >= 15 is 0 Å². The minimum Gasteiger partial charge on any atom is -0.315 e. The van der Waals surface area contributed by atoms with E-state index in [0.29, 0.717) is 12.0 Å². The van der Waals surface area contributed by atoms with Crippen LogP contribution < -0.4 is 16.6 Å². The van der Waals surface area contributed by atoms with Crippen molar-refractivity contribution in [1.82, 2.24) is 15.8 Å². The third-order valence-corrected chi connectivity index (χ3v) is 3.89. The SMILES string of the molecule is Cl.NC1NNC2CCN(Cc3ccccc3)CC12. The van der Waals surface area contributed by atoms with Gasteiger partial charge in [0.1, 0.15) is 0 Å². The zero-order valence-corrected chi connectivity index (χ0v) is 11.2. The van der Waals surface area contributed by atoms with Gasteiger partial charge in [-0.05, 0) is 12.0 Å². The van der Waals surface area contributed by atoms with Gasteiger partial charge in [-0.3, -0.25) is 10.3 Å². The Hall–Kier alpha value is -0.650. The number of hydrazine groups is 1. The number of fused-ring (bicyclic) bond motifs is 1. The molecule has 2 saturated heterocycles. The average molecular weight is 269 g/mol. The first kappa shape index (κ1) is 13.8. The second kappa shape index (κ2) is 5.99. The summed E-state index contributed by atoms with van der Waals surface area (Å²) in [6.07, 6.45) is 1.27. The fourth-order valence-corrected chi connectivity index (χ4v) is 2.89. The number of halogens is 1. The van der Waals surface area contributed by atoms with Gasteiger partial charge in [-0.15, -0.1) is 12.4 Å². The van der Waals surface area contributed by atoms with E-state index in [0.717, 1.165) is 19.6 Å². The van der Waals surface area contributed by atoms with E-state index in [1.54, 1.807) is 0 Å². The van der Waals surface area contributed by atoms with E-state index in [1.165, 1.54) is 12.0 Å². The Kier molecular flexibility index (Phi) is 4.59. The van der Waals surface area contributed by atoms with Crippen molar-refractivity contribution in [2.75, 3.05) is 13.1 Å². The average Bonchev–Trinajstić information content (AvgIpc) is 2.73. The van der Waals surface area contributed by atoms with E-state index < -0.39 is 0 Å². The molecule has 0 aliphatic carbocycles. The molecule has 3 rings (SSSR count). The number of benzene rings is 1. The van der Waals surface area contributed by atoms with Crippen LogP contribution in [0.15, 0.2) is 30.3 Å². The summed E-state index contributed by atoms with van der Waals surface area (Å²) < 4.78 is 0. The molecule has 1 aromatic rings. The van der Waals surface area contributed by atoms with Crippen LogP contribution in [-0.4, -0.2) is 30.2 Å². The molecular formula is C13H21ClN4. The Morgan fingerprint density at radius 2 is 2.00 bits per heavy atom. The van der Waals surface area contributed by atoms with Gasteiger partial charge >= 0.3 is 0 Å². The number of piperidine rings is 1. The topological polar surface area (TPSA) is 53.3 Å². The van der Waals surface area contributed by atoms with Crippen molar-refractivity contribution in [3.63, 3.8) is 0 Å². The van der Waals surface area contributed by atoms with Crippen LogP contribution in [0.5, 0.6) is 0 Å². The summed E-state index contributed by atoms with van der Waals surface area (Å²) >= 11 is 0. The van der Waals surface area contributed by atoms with Crippen LogP contribution >= 0.6 is 12.4 Å². The second-order valence-corrected chi connectivity index (χ2v) is 5.09. The third kappa shape index (κ3) is 2.84. The number of hydrogen-bond acceptors (Lipinski definition) is 4. The molecule has 18 heavy (non-hydrogen) atoms. The van der Waals surface area contributed by atoms with E-state index in [2.05, 4.69) is 46.1 Å². The monoisotopic (exact) mass is 268 g/mol. The molecule has 0 amide bonds. The van der Waals surface area contributed by atoms with Gasteiger partial charge in [-0.25, -0.2) is 5.43 Å². The Morgan fingerprint density at radius 1 is 1.22 bits per heavy atom. The van der Waals surface area contributed by atoms with Gasteiger partial charge in [0.2, 0.25) is 0 Å². The zero-order chi connectivity index (χ0) is 11.7. The molecule has 1 aromatic carbocycles. The third-order valence-electron chi connectivity index (χ3n) is 3.89. The van der Waals surface area contributed by atoms with Gasteiger partial charge in [-0.1, -0.05) is 30.3 Å². The molecule has 2 aliphatic rings. The Morgan fingerprint density at radius 3 is 2.78 bits per heavy atom. The fraction of sp³-hybridized carbons (Fsp3) is 0.538. The normalized spacial score (nSPS) is 31.7. The van der Waals surface area contributed by atoms with Gasteiger partial charge < -0.3 is 5.73 Å². The van der Waals surface area contributed by atoms with E-state index in [4.69, 9.17) is 5.73 Å². The van der Waals surface area contributed by atoms with Gasteiger partial charge in [0, 0.05) is 31.6 Å². The number of nitrogens with one attached hydrogen (secondary N) is 2. The maximum Gasteiger partial charge on any atom is 0.0735 e. The summed E-state index contributed by atoms with van der Waals surface area (Å²) in [5.74, 6) is 0.535. The number of hydrogen-bond donors (Lipinski definition) is 3. The molecule has 0 aromatic heterocycles. The number of rotatable bonds is 2. The smallest absolute Gasteiger partial charge is 0.0735 e. The Balaban J connectivity index is 0.00000120. The van der Waals surface area contributed by atoms with Crippen LogP contribution in [0.25, 0.3) is 0 Å². The first-order valence-electron chi connectivity index (χ1n) is 6.36. The van der Waals surface area contributed by atoms with Crippen molar-refractivity contribution in [3.05, 3.63) is 35.9 Å². The van der Waals surface area contributed by atoms with Crippen molar-refractivity contribution >= 4 is 12.4 Å². The lowest BCUT2D eigenvalue weighted by molar-refractivity contribution is 0.149. The predicted octanol–water partition coefficient (Wildman–Crippen LogP) is 0.692. The van der Waals surface area contributed by atoms with Gasteiger partial charge in [0.25, 0.3) is 0 Å². The standard InChI is InChI=1S/C13H20N4.ClH/c14-13-11-9-17(7-6-12(11)15-16-13)8-10-4-2-1-3-5-10;/h1-5,11-13,15-16H,6-9,14H2;1H. The molecular weight excluding hydrogens is 248 g/mol. The van der Waals surface area contributed by atoms with Crippen molar-refractivity contribution in [2.45, 2.75) is 25.2 Å². The van der Waals surface area contributed by atoms with Crippen molar-refractivity contribution in [1.29, 1.82) is 0 Å². The van der Waals surface area contributed by atoms with Crippen LogP contribution in [0.4, 0.5) is 0 Å². The molecule has 2 fully saturated rings. The predicted molar refractivity (Wildman–Crippen MR) is 75.1 cm³/mol. The number of nitrogens with zero attached hydrogens (tertiary/aromatic N) is 1. The highest BCUT2D eigenvalue weighted by atomic mass is 35.5. The maximum atomic E-state index is 6.04. The highest BCUT2D eigenvalue weighted by Gasteiger charge is 2.37. The quantitative estimate of drug-likeness (QED) is 0.739. The zero-order valence-electron chi connectivity index (χ0n) is 10.4. The first-order valence-corrected chi connectivity index (χ1v) is 6.36. The molecule has 4 N–H and O–H groups in total. The minimum absolute atomic E-state index is 0. The highest BCUT2D eigenvalue weighted by molar-refractivity contribution is 5.85. The summed E-state index contributed by atoms with van der Waals surface area (Å²) in [7, 11) is 0. The molecule has 0 radical (unpaired) electrons. The Labute approximate surface area is 114 Å². The molecule has 4 nitrogen and oxygen atoms in total. The van der Waals surface area contributed by atoms with Crippen LogP contribution in [-0.2, 0) is 6.54 Å². The summed E-state index contributed by atoms with van der Waals surface area (Å²) in [5.41, 5.74) is 13.9. The fourth-order valence-electron chi connectivity index (χ4n) is 2.89. The molecule has 0 spiro atoms. The van der Waals surface area contributed by atoms with Crippen molar-refractivity contribution < 1.29 is 0 Å². The maximum absolute atomic E-state index is 6.04. The lowest BCUT2D eigenvalue weighted by Crippen LogP contribution is -2.47. The molecule has 5 heteroatoms. The molecule has 2 aliphatic heterocycles. The summed E-state index contributed by atoms with van der Waals surface area (Å²) in [4.78, 5) is 2.50. The minimum atomic E-state index is 0. The van der Waals surface area contributed by atoms with Crippen LogP contribution in [0.1, 0.15) is 12.0 Å². The largest absolute Gasteiger partial charge is 0.315 e. The van der Waals surface area contributed by atoms with E-state index in [9.17, 15) is 0 Å². The van der Waals surface area contributed by atoms with Crippen molar-refractivity contribution in [2.24, 2.45) is 11.7 Å². The molecule has 100 valence electrons. The summed E-state index contributed by atoms with van der Waals surface area (Å²) in [5, 5.41) is 0. The lowest BCUT2D eigenvalue weighted by atomic mass is 9.92. The second-order valence-electron chi connectivity index (χ2n) is 5.09. The number of nitrogens with two attached hydrogens (primary N) is 1. The first-order chi connectivity index (χ1) is 8.33. The molecule has 2 heterocycles. The highest BCUT2D eigenvalue weighted by Crippen LogP contribution is 2.23. The molecule has 3 atom stereocenters. The number of likely N-dealkylation sites (tertiary alicyclic amines) is 1. The van der Waals surface area contributed by atoms with Gasteiger partial charge in [-0.2, -0.15) is 0 Å². The van der Waals surface area contributed by atoms with Crippen molar-refractivity contribution in [3.8, 4) is 0 Å². The molecule has 0 saturated carbocycles. The van der Waals surface area contributed by atoms with Crippen LogP contribution in [0, 0.1) is 5.92 Å². The van der Waals surface area contributed by atoms with E-state index in [1.807, 2.05) is 0 Å². The van der Waals surface area contributed by atoms with E-state index in [-0.39, 0.29) is 18.6 Å². The molecule has 0 bridgehead atoms. The van der Waals surface area contributed by atoms with Crippen LogP contribution in [0.2, 0.25) is 0 Å². The summed E-state index contributed by atoms with van der Waals surface area (Å²) in [6.45, 7) is 3.27. The van der Waals surface area contributed by atoms with Gasteiger partial charge in [0.15, 0.2) is 0 Å². The molecule has 3 unspecified atom stereocenters.